The second-order valence-electron chi connectivity index (χ2n) is 3.54. The van der Waals surface area contributed by atoms with Crippen LogP contribution in [-0.2, 0) is 6.42 Å². The maximum absolute atomic E-state index is 9.30. The zero-order valence-electron chi connectivity index (χ0n) is 8.16. The van der Waals surface area contributed by atoms with Gasteiger partial charge in [0, 0.05) is 14.8 Å². The normalized spacial score (nSPS) is 12.0. The summed E-state index contributed by atoms with van der Waals surface area (Å²) < 4.78 is 1.07. The van der Waals surface area contributed by atoms with Gasteiger partial charge >= 0.3 is 0 Å². The van der Waals surface area contributed by atoms with Crippen LogP contribution in [0.5, 0.6) is 0 Å². The Hall–Kier alpha value is 0.100. The van der Waals surface area contributed by atoms with E-state index in [2.05, 4.69) is 15.9 Å². The van der Waals surface area contributed by atoms with Gasteiger partial charge in [-0.2, -0.15) is 0 Å². The van der Waals surface area contributed by atoms with Crippen molar-refractivity contribution in [1.82, 2.24) is 0 Å². The van der Waals surface area contributed by atoms with Crippen molar-refractivity contribution in [2.24, 2.45) is 5.41 Å². The van der Waals surface area contributed by atoms with Crippen LogP contribution >= 0.6 is 27.3 Å². The van der Waals surface area contributed by atoms with Gasteiger partial charge in [-0.1, -0.05) is 6.92 Å². The standard InChI is InChI=1S/C10H15BrO2S/c1-2-10(6-12,7-13)5-9-8(11)3-4-14-9/h3-4,12-13H,2,5-7H2,1H3. The van der Waals surface area contributed by atoms with Gasteiger partial charge < -0.3 is 10.2 Å². The van der Waals surface area contributed by atoms with Gasteiger partial charge in [-0.05, 0) is 40.2 Å². The van der Waals surface area contributed by atoms with E-state index in [1.54, 1.807) is 11.3 Å². The van der Waals surface area contributed by atoms with E-state index in [0.29, 0.717) is 0 Å². The van der Waals surface area contributed by atoms with Gasteiger partial charge in [-0.15, -0.1) is 11.3 Å². The molecule has 0 saturated heterocycles. The van der Waals surface area contributed by atoms with Crippen molar-refractivity contribution in [1.29, 1.82) is 0 Å². The molecule has 0 fully saturated rings. The third-order valence-corrected chi connectivity index (χ3v) is 4.57. The van der Waals surface area contributed by atoms with Gasteiger partial charge in [0.05, 0.1) is 13.2 Å². The number of halogens is 1. The fourth-order valence-corrected chi connectivity index (χ4v) is 2.97. The maximum Gasteiger partial charge on any atom is 0.0512 e. The molecule has 0 aliphatic rings. The van der Waals surface area contributed by atoms with Crippen LogP contribution in [0.4, 0.5) is 0 Å². The molecule has 1 aromatic rings. The van der Waals surface area contributed by atoms with Crippen LogP contribution in [0.2, 0.25) is 0 Å². The first-order valence-corrected chi connectivity index (χ1v) is 6.28. The number of aliphatic hydroxyl groups is 2. The number of aliphatic hydroxyl groups excluding tert-OH is 2. The molecule has 0 aliphatic carbocycles. The molecule has 0 aromatic carbocycles. The first kappa shape index (κ1) is 12.2. The van der Waals surface area contributed by atoms with Crippen LogP contribution in [0.15, 0.2) is 15.9 Å². The van der Waals surface area contributed by atoms with Crippen LogP contribution in [0.1, 0.15) is 18.2 Å². The third-order valence-electron chi connectivity index (χ3n) is 2.65. The molecule has 80 valence electrons. The highest BCUT2D eigenvalue weighted by Gasteiger charge is 2.28. The molecular formula is C10H15BrO2S. The molecule has 0 atom stereocenters. The average molecular weight is 279 g/mol. The van der Waals surface area contributed by atoms with E-state index in [1.165, 1.54) is 4.88 Å². The first-order chi connectivity index (χ1) is 6.67. The molecule has 14 heavy (non-hydrogen) atoms. The molecule has 0 spiro atoms. The quantitative estimate of drug-likeness (QED) is 0.869. The van der Waals surface area contributed by atoms with Crippen LogP contribution < -0.4 is 0 Å². The Balaban J connectivity index is 2.79. The summed E-state index contributed by atoms with van der Waals surface area (Å²) >= 11 is 5.11. The Morgan fingerprint density at radius 2 is 2.07 bits per heavy atom. The highest BCUT2D eigenvalue weighted by molar-refractivity contribution is 9.10. The van der Waals surface area contributed by atoms with Gasteiger partial charge in [0.15, 0.2) is 0 Å². The predicted octanol–water partition coefficient (Wildman–Crippen LogP) is 2.43. The molecule has 1 heterocycles. The molecule has 0 aliphatic heterocycles. The topological polar surface area (TPSA) is 40.5 Å². The van der Waals surface area contributed by atoms with Crippen molar-refractivity contribution in [3.63, 3.8) is 0 Å². The zero-order valence-corrected chi connectivity index (χ0v) is 10.6. The molecule has 4 heteroatoms. The SMILES string of the molecule is CCC(CO)(CO)Cc1sccc1Br. The first-order valence-electron chi connectivity index (χ1n) is 4.61. The lowest BCUT2D eigenvalue weighted by molar-refractivity contribution is 0.0519. The van der Waals surface area contributed by atoms with Crippen molar-refractivity contribution in [3.05, 3.63) is 20.8 Å². The Kier molecular flexibility index (Phi) is 4.57. The molecule has 0 saturated carbocycles. The van der Waals surface area contributed by atoms with E-state index in [9.17, 15) is 10.2 Å². The molecular weight excluding hydrogens is 264 g/mol. The fraction of sp³-hybridized carbons (Fsp3) is 0.600. The van der Waals surface area contributed by atoms with E-state index in [4.69, 9.17) is 0 Å². The summed E-state index contributed by atoms with van der Waals surface area (Å²) in [5, 5.41) is 20.6. The van der Waals surface area contributed by atoms with Gasteiger partial charge in [0.1, 0.15) is 0 Å². The predicted molar refractivity (Wildman–Crippen MR) is 62.6 cm³/mol. The van der Waals surface area contributed by atoms with Crippen molar-refractivity contribution < 1.29 is 10.2 Å². The second kappa shape index (κ2) is 5.26. The second-order valence-corrected chi connectivity index (χ2v) is 5.39. The highest BCUT2D eigenvalue weighted by Crippen LogP contribution is 2.32. The van der Waals surface area contributed by atoms with Crippen LogP contribution in [0.25, 0.3) is 0 Å². The molecule has 0 radical (unpaired) electrons. The lowest BCUT2D eigenvalue weighted by Crippen LogP contribution is -2.31. The van der Waals surface area contributed by atoms with Crippen molar-refractivity contribution in [2.45, 2.75) is 19.8 Å². The number of hydrogen-bond donors (Lipinski definition) is 2. The summed E-state index contributed by atoms with van der Waals surface area (Å²) in [5.41, 5.74) is -0.368. The van der Waals surface area contributed by atoms with Gasteiger partial charge in [-0.25, -0.2) is 0 Å². The minimum Gasteiger partial charge on any atom is -0.396 e. The molecule has 0 bridgehead atoms. The maximum atomic E-state index is 9.30. The third kappa shape index (κ3) is 2.57. The van der Waals surface area contributed by atoms with Crippen LogP contribution in [-0.4, -0.2) is 23.4 Å². The van der Waals surface area contributed by atoms with Gasteiger partial charge in [0.2, 0.25) is 0 Å². The Bertz CT molecular complexity index is 273. The lowest BCUT2D eigenvalue weighted by atomic mass is 9.83. The van der Waals surface area contributed by atoms with Crippen LogP contribution in [0, 0.1) is 5.41 Å². The molecule has 1 aromatic heterocycles. The highest BCUT2D eigenvalue weighted by atomic mass is 79.9. The van der Waals surface area contributed by atoms with Gasteiger partial charge in [0.25, 0.3) is 0 Å². The van der Waals surface area contributed by atoms with E-state index in [-0.39, 0.29) is 18.6 Å². The van der Waals surface area contributed by atoms with E-state index in [1.807, 2.05) is 18.4 Å². The fourth-order valence-electron chi connectivity index (χ4n) is 1.30. The Labute approximate surface area is 96.7 Å². The summed E-state index contributed by atoms with van der Waals surface area (Å²) in [5.74, 6) is 0. The van der Waals surface area contributed by atoms with E-state index in [0.717, 1.165) is 17.3 Å². The number of thiophene rings is 1. The van der Waals surface area contributed by atoms with Crippen molar-refractivity contribution in [3.8, 4) is 0 Å². The summed E-state index contributed by atoms with van der Waals surface area (Å²) in [4.78, 5) is 1.19. The summed E-state index contributed by atoms with van der Waals surface area (Å²) in [6, 6.07) is 2.00. The average Bonchev–Trinajstić information content (AvgIpc) is 2.61. The molecule has 2 nitrogen and oxygen atoms in total. The summed E-state index contributed by atoms with van der Waals surface area (Å²) in [6.07, 6.45) is 1.51. The van der Waals surface area contributed by atoms with Crippen LogP contribution in [0.3, 0.4) is 0 Å². The zero-order chi connectivity index (χ0) is 10.6. The Morgan fingerprint density at radius 3 is 2.43 bits per heavy atom. The number of hydrogen-bond acceptors (Lipinski definition) is 3. The monoisotopic (exact) mass is 278 g/mol. The minimum absolute atomic E-state index is 0.0321. The summed E-state index contributed by atoms with van der Waals surface area (Å²) in [6.45, 7) is 2.06. The lowest BCUT2D eigenvalue weighted by Gasteiger charge is -2.27. The molecule has 0 unspecified atom stereocenters. The number of rotatable bonds is 5. The largest absolute Gasteiger partial charge is 0.396 e. The molecule has 2 N–H and O–H groups in total. The van der Waals surface area contributed by atoms with E-state index < -0.39 is 0 Å². The molecule has 1 rings (SSSR count). The summed E-state index contributed by atoms with van der Waals surface area (Å²) in [7, 11) is 0. The smallest absolute Gasteiger partial charge is 0.0512 e. The van der Waals surface area contributed by atoms with Gasteiger partial charge in [-0.3, -0.25) is 0 Å². The van der Waals surface area contributed by atoms with E-state index >= 15 is 0 Å². The van der Waals surface area contributed by atoms with Crippen molar-refractivity contribution in [2.75, 3.05) is 13.2 Å². The Morgan fingerprint density at radius 1 is 1.43 bits per heavy atom. The van der Waals surface area contributed by atoms with Crippen molar-refractivity contribution >= 4 is 27.3 Å². The minimum atomic E-state index is -0.368. The molecule has 0 amide bonds.